The summed E-state index contributed by atoms with van der Waals surface area (Å²) in [5.41, 5.74) is 0. The fraction of sp³-hybridized carbons (Fsp3) is 0.714. The SMILES string of the molecule is Cc1cnc(NC(=O)C2C[C@H]3CC(O)C[C@@H](C2)C3)s1. The summed E-state index contributed by atoms with van der Waals surface area (Å²) in [6.07, 6.45) is 6.42. The summed E-state index contributed by atoms with van der Waals surface area (Å²) in [7, 11) is 0. The molecule has 19 heavy (non-hydrogen) atoms. The van der Waals surface area contributed by atoms with Gasteiger partial charge in [0.25, 0.3) is 0 Å². The predicted molar refractivity (Wildman–Crippen MR) is 75.0 cm³/mol. The molecule has 0 spiro atoms. The Labute approximate surface area is 117 Å². The van der Waals surface area contributed by atoms with Crippen molar-refractivity contribution < 1.29 is 9.90 Å². The Balaban J connectivity index is 1.62. The van der Waals surface area contributed by atoms with Gasteiger partial charge in [-0.25, -0.2) is 4.98 Å². The summed E-state index contributed by atoms with van der Waals surface area (Å²) in [6, 6.07) is 0. The Morgan fingerprint density at radius 3 is 2.58 bits per heavy atom. The van der Waals surface area contributed by atoms with Crippen LogP contribution in [0.5, 0.6) is 0 Å². The van der Waals surface area contributed by atoms with E-state index in [2.05, 4.69) is 10.3 Å². The summed E-state index contributed by atoms with van der Waals surface area (Å²) >= 11 is 1.52. The van der Waals surface area contributed by atoms with Gasteiger partial charge in [0.1, 0.15) is 0 Å². The number of nitrogens with one attached hydrogen (secondary N) is 1. The molecule has 0 saturated heterocycles. The highest BCUT2D eigenvalue weighted by Crippen LogP contribution is 2.43. The molecule has 3 rings (SSSR count). The second-order valence-corrected chi connectivity index (χ2v) is 7.26. The highest BCUT2D eigenvalue weighted by atomic mass is 32.1. The molecule has 2 unspecified atom stereocenters. The number of rotatable bonds is 2. The van der Waals surface area contributed by atoms with Crippen molar-refractivity contribution in [3.63, 3.8) is 0 Å². The number of aliphatic hydroxyl groups excluding tert-OH is 1. The van der Waals surface area contributed by atoms with Crippen LogP contribution >= 0.6 is 11.3 Å². The minimum atomic E-state index is -0.144. The highest BCUT2D eigenvalue weighted by molar-refractivity contribution is 7.15. The molecule has 2 aliphatic carbocycles. The molecule has 1 amide bonds. The lowest BCUT2D eigenvalue weighted by Crippen LogP contribution is -2.37. The molecule has 104 valence electrons. The van der Waals surface area contributed by atoms with Crippen molar-refractivity contribution in [1.82, 2.24) is 4.98 Å². The minimum absolute atomic E-state index is 0.0976. The number of fused-ring (bicyclic) bond motifs is 2. The van der Waals surface area contributed by atoms with E-state index in [9.17, 15) is 9.90 Å². The number of aromatic nitrogens is 1. The number of amides is 1. The predicted octanol–water partition coefficient (Wildman–Crippen LogP) is 2.58. The van der Waals surface area contributed by atoms with E-state index in [-0.39, 0.29) is 17.9 Å². The largest absolute Gasteiger partial charge is 0.393 e. The lowest BCUT2D eigenvalue weighted by molar-refractivity contribution is -0.123. The Bertz CT molecular complexity index is 456. The van der Waals surface area contributed by atoms with Gasteiger partial charge in [0, 0.05) is 17.0 Å². The molecule has 1 heterocycles. The van der Waals surface area contributed by atoms with Crippen LogP contribution in [0.25, 0.3) is 0 Å². The van der Waals surface area contributed by atoms with Gasteiger partial charge < -0.3 is 10.4 Å². The van der Waals surface area contributed by atoms with Gasteiger partial charge in [-0.15, -0.1) is 11.3 Å². The first-order valence-corrected chi connectivity index (χ1v) is 7.83. The van der Waals surface area contributed by atoms with Crippen LogP contribution in [0.2, 0.25) is 0 Å². The molecule has 1 aromatic heterocycles. The van der Waals surface area contributed by atoms with Crippen molar-refractivity contribution in [2.45, 2.75) is 45.1 Å². The molecule has 5 heteroatoms. The first kappa shape index (κ1) is 13.1. The van der Waals surface area contributed by atoms with Crippen LogP contribution in [-0.4, -0.2) is 22.1 Å². The van der Waals surface area contributed by atoms with E-state index in [1.165, 1.54) is 17.8 Å². The normalized spacial score (nSPS) is 34.0. The fourth-order valence-electron chi connectivity index (χ4n) is 3.65. The number of nitrogens with zero attached hydrogens (tertiary/aromatic N) is 1. The number of carbonyl (C=O) groups excluding carboxylic acids is 1. The molecule has 1 aromatic rings. The van der Waals surface area contributed by atoms with Gasteiger partial charge in [0.05, 0.1) is 6.10 Å². The zero-order valence-corrected chi connectivity index (χ0v) is 11.9. The lowest BCUT2D eigenvalue weighted by Gasteiger charge is -2.40. The Morgan fingerprint density at radius 2 is 2.00 bits per heavy atom. The Hall–Kier alpha value is -0.940. The van der Waals surface area contributed by atoms with Crippen LogP contribution in [0.15, 0.2) is 6.20 Å². The lowest BCUT2D eigenvalue weighted by atomic mass is 9.67. The summed E-state index contributed by atoms with van der Waals surface area (Å²) < 4.78 is 0. The second kappa shape index (κ2) is 5.21. The number of aliphatic hydroxyl groups is 1. The molecule has 4 nitrogen and oxygen atoms in total. The molecule has 4 atom stereocenters. The molecule has 2 aliphatic rings. The van der Waals surface area contributed by atoms with E-state index in [1.54, 1.807) is 6.20 Å². The Kier molecular flexibility index (Phi) is 3.58. The third-order valence-corrected chi connectivity index (χ3v) is 5.16. The number of aryl methyl sites for hydroxylation is 1. The van der Waals surface area contributed by atoms with Gasteiger partial charge in [-0.05, 0) is 50.9 Å². The number of hydrogen-bond donors (Lipinski definition) is 2. The molecular formula is C14H20N2O2S. The van der Waals surface area contributed by atoms with Gasteiger partial charge in [0.15, 0.2) is 5.13 Å². The van der Waals surface area contributed by atoms with Crippen molar-refractivity contribution in [3.05, 3.63) is 11.1 Å². The van der Waals surface area contributed by atoms with Gasteiger partial charge in [0.2, 0.25) is 5.91 Å². The molecule has 2 fully saturated rings. The van der Waals surface area contributed by atoms with Crippen LogP contribution in [0, 0.1) is 24.7 Å². The van der Waals surface area contributed by atoms with E-state index < -0.39 is 0 Å². The molecule has 0 aliphatic heterocycles. The molecule has 0 aromatic carbocycles. The summed E-state index contributed by atoms with van der Waals surface area (Å²) in [4.78, 5) is 17.6. The maximum atomic E-state index is 12.3. The Morgan fingerprint density at radius 1 is 1.32 bits per heavy atom. The first-order chi connectivity index (χ1) is 9.10. The maximum absolute atomic E-state index is 12.3. The van der Waals surface area contributed by atoms with E-state index in [4.69, 9.17) is 0 Å². The van der Waals surface area contributed by atoms with E-state index in [1.807, 2.05) is 6.92 Å². The summed E-state index contributed by atoms with van der Waals surface area (Å²) in [5, 5.41) is 13.4. The van der Waals surface area contributed by atoms with Crippen molar-refractivity contribution >= 4 is 22.4 Å². The summed E-state index contributed by atoms with van der Waals surface area (Å²) in [6.45, 7) is 1.99. The number of thiazole rings is 1. The van der Waals surface area contributed by atoms with Crippen molar-refractivity contribution in [2.24, 2.45) is 17.8 Å². The molecule has 0 radical (unpaired) electrons. The third kappa shape index (κ3) is 2.98. The summed E-state index contributed by atoms with van der Waals surface area (Å²) in [5.74, 6) is 1.26. The van der Waals surface area contributed by atoms with E-state index in [0.717, 1.165) is 30.6 Å². The van der Waals surface area contributed by atoms with Gasteiger partial charge >= 0.3 is 0 Å². The zero-order chi connectivity index (χ0) is 13.4. The number of carbonyl (C=O) groups is 1. The average Bonchev–Trinajstić information content (AvgIpc) is 2.73. The number of hydrogen-bond acceptors (Lipinski definition) is 4. The van der Waals surface area contributed by atoms with Crippen LogP contribution in [0.1, 0.15) is 37.0 Å². The maximum Gasteiger partial charge on any atom is 0.229 e. The van der Waals surface area contributed by atoms with Gasteiger partial charge in [-0.2, -0.15) is 0 Å². The van der Waals surface area contributed by atoms with Crippen molar-refractivity contribution in [3.8, 4) is 0 Å². The third-order valence-electron chi connectivity index (χ3n) is 4.34. The molecule has 2 bridgehead atoms. The monoisotopic (exact) mass is 280 g/mol. The fourth-order valence-corrected chi connectivity index (χ4v) is 4.32. The minimum Gasteiger partial charge on any atom is -0.393 e. The highest BCUT2D eigenvalue weighted by Gasteiger charge is 2.38. The van der Waals surface area contributed by atoms with E-state index >= 15 is 0 Å². The van der Waals surface area contributed by atoms with Crippen LogP contribution in [-0.2, 0) is 4.79 Å². The van der Waals surface area contributed by atoms with Crippen LogP contribution < -0.4 is 5.32 Å². The van der Waals surface area contributed by atoms with Gasteiger partial charge in [-0.1, -0.05) is 0 Å². The number of anilines is 1. The first-order valence-electron chi connectivity index (χ1n) is 7.01. The van der Waals surface area contributed by atoms with Gasteiger partial charge in [-0.3, -0.25) is 4.79 Å². The molecular weight excluding hydrogens is 260 g/mol. The van der Waals surface area contributed by atoms with Crippen molar-refractivity contribution in [1.29, 1.82) is 0 Å². The van der Waals surface area contributed by atoms with Crippen molar-refractivity contribution in [2.75, 3.05) is 5.32 Å². The van der Waals surface area contributed by atoms with E-state index in [0.29, 0.717) is 17.0 Å². The average molecular weight is 280 g/mol. The quantitative estimate of drug-likeness (QED) is 0.875. The topological polar surface area (TPSA) is 62.2 Å². The molecule has 2 N–H and O–H groups in total. The zero-order valence-electron chi connectivity index (χ0n) is 11.1. The van der Waals surface area contributed by atoms with Crippen LogP contribution in [0.3, 0.4) is 0 Å². The second-order valence-electron chi connectivity index (χ2n) is 6.03. The standard InChI is InChI=1S/C14H20N2O2S/c1-8-7-15-14(19-8)16-13(18)11-3-9-2-10(4-11)6-12(17)5-9/h7,9-12,17H,2-6H2,1H3,(H,15,16,18)/t9-,10+,11?,12?. The van der Waals surface area contributed by atoms with Crippen LogP contribution in [0.4, 0.5) is 5.13 Å². The smallest absolute Gasteiger partial charge is 0.229 e. The molecule has 2 saturated carbocycles.